The summed E-state index contributed by atoms with van der Waals surface area (Å²) in [5, 5.41) is 0.288. The molecule has 0 radical (unpaired) electrons. The van der Waals surface area contributed by atoms with Crippen LogP contribution >= 0.6 is 23.4 Å². The van der Waals surface area contributed by atoms with Crippen molar-refractivity contribution in [2.75, 3.05) is 5.75 Å². The Morgan fingerprint density at radius 2 is 1.90 bits per heavy atom. The third kappa shape index (κ3) is 3.84. The molecule has 0 fully saturated rings. The molecule has 0 aliphatic heterocycles. The maximum atomic E-state index is 13.0. The van der Waals surface area contributed by atoms with E-state index in [4.69, 9.17) is 11.6 Å². The number of hydrogen-bond acceptors (Lipinski definition) is 2. The lowest BCUT2D eigenvalue weighted by atomic mass is 10.0. The quantitative estimate of drug-likeness (QED) is 0.570. The summed E-state index contributed by atoms with van der Waals surface area (Å²) in [6.45, 7) is 2.08. The molecule has 0 aliphatic rings. The van der Waals surface area contributed by atoms with E-state index in [1.54, 1.807) is 17.8 Å². The molecular formula is C16H14ClFOS. The van der Waals surface area contributed by atoms with Gasteiger partial charge < -0.3 is 0 Å². The molecule has 4 heteroatoms. The second kappa shape index (κ2) is 6.91. The van der Waals surface area contributed by atoms with Gasteiger partial charge >= 0.3 is 0 Å². The van der Waals surface area contributed by atoms with Gasteiger partial charge in [-0.25, -0.2) is 4.39 Å². The number of ketones is 1. The van der Waals surface area contributed by atoms with Crippen molar-refractivity contribution >= 4 is 29.1 Å². The van der Waals surface area contributed by atoms with Gasteiger partial charge in [-0.3, -0.25) is 4.79 Å². The van der Waals surface area contributed by atoms with Crippen molar-refractivity contribution in [3.63, 3.8) is 0 Å². The summed E-state index contributed by atoms with van der Waals surface area (Å²) < 4.78 is 13.0. The van der Waals surface area contributed by atoms with Crippen LogP contribution < -0.4 is 0 Å². The van der Waals surface area contributed by atoms with Gasteiger partial charge in [0.1, 0.15) is 5.82 Å². The molecule has 20 heavy (non-hydrogen) atoms. The zero-order valence-corrected chi connectivity index (χ0v) is 12.6. The molecule has 0 heterocycles. The van der Waals surface area contributed by atoms with Crippen LogP contribution in [0.3, 0.4) is 0 Å². The van der Waals surface area contributed by atoms with Gasteiger partial charge in [0.2, 0.25) is 0 Å². The molecule has 2 aromatic carbocycles. The number of hydrogen-bond donors (Lipinski definition) is 0. The lowest BCUT2D eigenvalue weighted by molar-refractivity contribution is 0.0993. The smallest absolute Gasteiger partial charge is 0.167 e. The fraction of sp³-hybridized carbons (Fsp3) is 0.188. The van der Waals surface area contributed by atoms with E-state index in [0.29, 0.717) is 11.1 Å². The van der Waals surface area contributed by atoms with E-state index < -0.39 is 5.82 Å². The summed E-state index contributed by atoms with van der Waals surface area (Å²) in [7, 11) is 0. The number of thioether (sulfide) groups is 1. The molecule has 0 spiro atoms. The lowest BCUT2D eigenvalue weighted by Crippen LogP contribution is -2.04. The first-order valence-corrected chi connectivity index (χ1v) is 7.66. The Morgan fingerprint density at radius 1 is 1.20 bits per heavy atom. The summed E-state index contributed by atoms with van der Waals surface area (Å²) in [4.78, 5) is 13.3. The first kappa shape index (κ1) is 15.1. The van der Waals surface area contributed by atoms with E-state index in [2.05, 4.69) is 6.92 Å². The second-order valence-corrected chi connectivity index (χ2v) is 6.04. The molecule has 2 aromatic rings. The SMILES string of the molecule is CCSc1ccc(C(=O)Cc2ccc(F)cc2Cl)cc1. The second-order valence-electron chi connectivity index (χ2n) is 4.29. The summed E-state index contributed by atoms with van der Waals surface area (Å²) in [6, 6.07) is 11.6. The molecule has 0 unspecified atom stereocenters. The minimum absolute atomic E-state index is 0.0217. The van der Waals surface area contributed by atoms with E-state index in [1.165, 1.54) is 12.1 Å². The number of Topliss-reactive ketones (excluding diaryl/α,β-unsaturated/α-hetero) is 1. The van der Waals surface area contributed by atoms with Gasteiger partial charge in [-0.2, -0.15) is 0 Å². The highest BCUT2D eigenvalue weighted by atomic mass is 35.5. The van der Waals surface area contributed by atoms with Crippen LogP contribution in [-0.4, -0.2) is 11.5 Å². The summed E-state index contributed by atoms with van der Waals surface area (Å²) in [6.07, 6.45) is 0.180. The molecule has 0 aromatic heterocycles. The Balaban J connectivity index is 2.11. The van der Waals surface area contributed by atoms with Crippen LogP contribution in [-0.2, 0) is 6.42 Å². The van der Waals surface area contributed by atoms with Crippen molar-refractivity contribution in [1.82, 2.24) is 0 Å². The molecule has 0 atom stereocenters. The minimum Gasteiger partial charge on any atom is -0.294 e. The Hall–Kier alpha value is -1.32. The predicted octanol–water partition coefficient (Wildman–Crippen LogP) is 5.02. The average Bonchev–Trinajstić information content (AvgIpc) is 2.43. The molecule has 0 saturated carbocycles. The van der Waals surface area contributed by atoms with E-state index in [9.17, 15) is 9.18 Å². The van der Waals surface area contributed by atoms with E-state index in [1.807, 2.05) is 24.3 Å². The minimum atomic E-state index is -0.396. The fourth-order valence-electron chi connectivity index (χ4n) is 1.84. The van der Waals surface area contributed by atoms with Crippen LogP contribution in [0, 0.1) is 5.82 Å². The highest BCUT2D eigenvalue weighted by molar-refractivity contribution is 7.99. The predicted molar refractivity (Wildman–Crippen MR) is 82.3 cm³/mol. The van der Waals surface area contributed by atoms with E-state index in [0.717, 1.165) is 10.6 Å². The van der Waals surface area contributed by atoms with Crippen molar-refractivity contribution in [2.45, 2.75) is 18.2 Å². The summed E-state index contributed by atoms with van der Waals surface area (Å²) >= 11 is 7.66. The molecule has 2 rings (SSSR count). The molecule has 0 amide bonds. The standard InChI is InChI=1S/C16H14ClFOS/c1-2-20-14-7-4-11(5-8-14)16(19)9-12-3-6-13(18)10-15(12)17/h3-8,10H,2,9H2,1H3. The highest BCUT2D eigenvalue weighted by Crippen LogP contribution is 2.21. The summed E-state index contributed by atoms with van der Waals surface area (Å²) in [5.41, 5.74) is 1.29. The van der Waals surface area contributed by atoms with Crippen LogP contribution in [0.1, 0.15) is 22.8 Å². The molecule has 0 bridgehead atoms. The van der Waals surface area contributed by atoms with Crippen molar-refractivity contribution in [3.05, 3.63) is 64.4 Å². The topological polar surface area (TPSA) is 17.1 Å². The number of carbonyl (C=O) groups is 1. The van der Waals surface area contributed by atoms with E-state index in [-0.39, 0.29) is 17.2 Å². The first-order chi connectivity index (χ1) is 9.60. The van der Waals surface area contributed by atoms with Crippen molar-refractivity contribution in [2.24, 2.45) is 0 Å². The molecule has 0 N–H and O–H groups in total. The van der Waals surface area contributed by atoms with Gasteiger partial charge in [-0.1, -0.05) is 36.7 Å². The fourth-order valence-corrected chi connectivity index (χ4v) is 2.74. The van der Waals surface area contributed by atoms with Gasteiger partial charge in [-0.05, 0) is 35.6 Å². The van der Waals surface area contributed by atoms with Crippen molar-refractivity contribution in [1.29, 1.82) is 0 Å². The third-order valence-corrected chi connectivity index (χ3v) is 4.10. The molecule has 0 aliphatic carbocycles. The highest BCUT2D eigenvalue weighted by Gasteiger charge is 2.10. The van der Waals surface area contributed by atoms with Crippen molar-refractivity contribution < 1.29 is 9.18 Å². The van der Waals surface area contributed by atoms with Crippen molar-refractivity contribution in [3.8, 4) is 0 Å². The first-order valence-electron chi connectivity index (χ1n) is 6.30. The third-order valence-electron chi connectivity index (χ3n) is 2.85. The number of halogens is 2. The molecule has 0 saturated heterocycles. The Kier molecular flexibility index (Phi) is 5.21. The summed E-state index contributed by atoms with van der Waals surface area (Å²) in [5.74, 6) is 0.581. The van der Waals surface area contributed by atoms with Crippen LogP contribution in [0.15, 0.2) is 47.4 Å². The van der Waals surface area contributed by atoms with Gasteiger partial charge in [0.15, 0.2) is 5.78 Å². The molecule has 1 nitrogen and oxygen atoms in total. The van der Waals surface area contributed by atoms with Crippen LogP contribution in [0.5, 0.6) is 0 Å². The number of carbonyl (C=O) groups excluding carboxylic acids is 1. The van der Waals surface area contributed by atoms with Gasteiger partial charge in [0.25, 0.3) is 0 Å². The number of benzene rings is 2. The largest absolute Gasteiger partial charge is 0.294 e. The zero-order valence-electron chi connectivity index (χ0n) is 11.0. The normalized spacial score (nSPS) is 10.6. The lowest BCUT2D eigenvalue weighted by Gasteiger charge is -2.05. The Morgan fingerprint density at radius 3 is 2.50 bits per heavy atom. The average molecular weight is 309 g/mol. The van der Waals surface area contributed by atoms with Gasteiger partial charge in [0, 0.05) is 21.9 Å². The monoisotopic (exact) mass is 308 g/mol. The Labute approximate surface area is 127 Å². The number of rotatable bonds is 5. The van der Waals surface area contributed by atoms with Gasteiger partial charge in [0.05, 0.1) is 0 Å². The maximum absolute atomic E-state index is 13.0. The zero-order chi connectivity index (χ0) is 14.5. The molecular weight excluding hydrogens is 295 g/mol. The van der Waals surface area contributed by atoms with Gasteiger partial charge in [-0.15, -0.1) is 11.8 Å². The van der Waals surface area contributed by atoms with E-state index >= 15 is 0 Å². The maximum Gasteiger partial charge on any atom is 0.167 e. The van der Waals surface area contributed by atoms with Crippen LogP contribution in [0.4, 0.5) is 4.39 Å². The van der Waals surface area contributed by atoms with Crippen LogP contribution in [0.25, 0.3) is 0 Å². The Bertz CT molecular complexity index is 610. The molecule has 104 valence electrons. The van der Waals surface area contributed by atoms with Crippen LogP contribution in [0.2, 0.25) is 5.02 Å².